The summed E-state index contributed by atoms with van der Waals surface area (Å²) in [5.41, 5.74) is 1.46. The van der Waals surface area contributed by atoms with Crippen molar-refractivity contribution in [1.82, 2.24) is 30.1 Å². The molecule has 2 heterocycles. The summed E-state index contributed by atoms with van der Waals surface area (Å²) in [6, 6.07) is 16.3. The number of guanidine groups is 1. The Labute approximate surface area is 281 Å². The second kappa shape index (κ2) is 14.1. The molecule has 3 aliphatic rings. The van der Waals surface area contributed by atoms with E-state index in [1.807, 2.05) is 12.1 Å². The molecule has 11 nitrogen and oxygen atoms in total. The highest BCUT2D eigenvalue weighted by molar-refractivity contribution is 6.30. The van der Waals surface area contributed by atoms with Gasteiger partial charge in [-0.05, 0) is 67.6 Å². The number of aromatic nitrogens is 3. The van der Waals surface area contributed by atoms with E-state index in [-0.39, 0.29) is 17.8 Å². The van der Waals surface area contributed by atoms with E-state index >= 15 is 0 Å². The van der Waals surface area contributed by atoms with E-state index in [1.54, 1.807) is 41.3 Å². The summed E-state index contributed by atoms with van der Waals surface area (Å²) in [5, 5.41) is 10.3. The van der Waals surface area contributed by atoms with Gasteiger partial charge in [0.05, 0.1) is 5.54 Å². The van der Waals surface area contributed by atoms with Crippen molar-refractivity contribution in [3.05, 3.63) is 64.7 Å². The van der Waals surface area contributed by atoms with Crippen LogP contribution < -0.4 is 20.7 Å². The van der Waals surface area contributed by atoms with Gasteiger partial charge >= 0.3 is 12.2 Å². The number of piperazine rings is 1. The lowest BCUT2D eigenvalue weighted by atomic mass is 10.1. The van der Waals surface area contributed by atoms with E-state index in [2.05, 4.69) is 46.8 Å². The number of hydrogen-bond acceptors (Lipinski definition) is 8. The minimum Gasteiger partial charge on any atom is -0.454 e. The van der Waals surface area contributed by atoms with Crippen LogP contribution in [0.2, 0.25) is 5.02 Å². The number of benzene rings is 2. The number of aliphatic imine (C=N–C) groups is 1. The minimum absolute atomic E-state index is 0.0255. The fraction of sp³-hybridized carbons (Fsp3) is 0.424. The van der Waals surface area contributed by atoms with Crippen molar-refractivity contribution in [2.24, 2.45) is 4.99 Å². The Bertz CT molecular complexity index is 1660. The number of halogens is 4. The van der Waals surface area contributed by atoms with Crippen molar-refractivity contribution in [1.29, 1.82) is 0 Å². The molecule has 0 atom stereocenters. The largest absolute Gasteiger partial charge is 0.454 e. The third-order valence-corrected chi connectivity index (χ3v) is 8.84. The van der Waals surface area contributed by atoms with Crippen LogP contribution in [0, 0.1) is 12.5 Å². The normalized spacial score (nSPS) is 17.9. The Morgan fingerprint density at radius 2 is 1.62 bits per heavy atom. The summed E-state index contributed by atoms with van der Waals surface area (Å²) in [6.45, 7) is 0.651. The maximum Gasteiger partial charge on any atom is 0.422 e. The lowest BCUT2D eigenvalue weighted by Gasteiger charge is -2.37. The molecular weight excluding hydrogens is 647 g/mol. The van der Waals surface area contributed by atoms with Crippen LogP contribution in [0.15, 0.2) is 53.5 Å². The summed E-state index contributed by atoms with van der Waals surface area (Å²) < 4.78 is 43.7. The summed E-state index contributed by atoms with van der Waals surface area (Å²) in [5.74, 6) is 0.596. The number of nitrogens with zero attached hydrogens (tertiary/aromatic N) is 6. The van der Waals surface area contributed by atoms with Crippen molar-refractivity contribution in [2.45, 2.75) is 56.3 Å². The fourth-order valence-electron chi connectivity index (χ4n) is 5.91. The predicted octanol–water partition coefficient (Wildman–Crippen LogP) is 5.55. The Morgan fingerprint density at radius 1 is 0.979 bits per heavy atom. The first-order valence-corrected chi connectivity index (χ1v) is 16.2. The van der Waals surface area contributed by atoms with E-state index < -0.39 is 24.3 Å². The van der Waals surface area contributed by atoms with E-state index in [9.17, 15) is 18.0 Å². The SMILES string of the molecule is C#CN=C(NC1CCCC1)N1CCN(C(=O)c2ccc(Nc3nc(NC4(c5ccc(Cl)cc5)CC4)nc(OCC(F)(F)F)n3)cc2)CC1. The van der Waals surface area contributed by atoms with Gasteiger partial charge in [-0.2, -0.15) is 33.1 Å². The number of amides is 1. The molecule has 3 N–H and O–H groups in total. The first kappa shape index (κ1) is 33.1. The number of terminal acetylenes is 1. The molecule has 2 aromatic carbocycles. The summed E-state index contributed by atoms with van der Waals surface area (Å²) in [6.07, 6.45) is 7.00. The highest BCUT2D eigenvalue weighted by atomic mass is 35.5. The molecule has 15 heteroatoms. The Balaban J connectivity index is 1.10. The molecular formula is C33H35ClF3N9O2. The number of nitrogens with one attached hydrogen (secondary N) is 3. The molecule has 252 valence electrons. The average Bonchev–Trinajstić information content (AvgIpc) is 3.66. The zero-order valence-corrected chi connectivity index (χ0v) is 26.8. The molecule has 0 bridgehead atoms. The van der Waals surface area contributed by atoms with Gasteiger partial charge in [0.25, 0.3) is 5.91 Å². The number of hydrogen-bond donors (Lipinski definition) is 3. The highest BCUT2D eigenvalue weighted by Gasteiger charge is 2.45. The lowest BCUT2D eigenvalue weighted by molar-refractivity contribution is -0.154. The van der Waals surface area contributed by atoms with Gasteiger partial charge < -0.3 is 30.5 Å². The summed E-state index contributed by atoms with van der Waals surface area (Å²) >= 11 is 6.04. The highest BCUT2D eigenvalue weighted by Crippen LogP contribution is 2.48. The third kappa shape index (κ3) is 8.38. The molecule has 3 aromatic rings. The van der Waals surface area contributed by atoms with Crippen molar-refractivity contribution < 1.29 is 22.7 Å². The molecule has 0 spiro atoms. The standard InChI is InChI=1S/C33H35ClF3N9O2/c1-2-38-30(40-25-5-3-4-6-25)46-19-17-45(18-20-46)27(47)22-7-13-26(14-8-22)39-28-41-29(43-31(42-28)48-21-33(35,36)37)44-32(15-16-32)23-9-11-24(34)12-10-23/h1,7-14,25H,3-6,15-21H2,(H,38,40)(H2,39,41,42,43,44). The smallest absolute Gasteiger partial charge is 0.422 e. The molecule has 2 aliphatic carbocycles. The van der Waals surface area contributed by atoms with Crippen molar-refractivity contribution in [3.63, 3.8) is 0 Å². The van der Waals surface area contributed by atoms with Gasteiger partial charge in [-0.1, -0.05) is 43.0 Å². The second-order valence-electron chi connectivity index (χ2n) is 12.1. The van der Waals surface area contributed by atoms with Crippen LogP contribution in [0.3, 0.4) is 0 Å². The van der Waals surface area contributed by atoms with Gasteiger partial charge in [-0.25, -0.2) is 0 Å². The molecule has 0 unspecified atom stereocenters. The van der Waals surface area contributed by atoms with Crippen LogP contribution >= 0.6 is 11.6 Å². The maximum absolute atomic E-state index is 13.3. The second-order valence-corrected chi connectivity index (χ2v) is 12.5. The zero-order chi connectivity index (χ0) is 33.7. The quantitative estimate of drug-likeness (QED) is 0.152. The van der Waals surface area contributed by atoms with Gasteiger partial charge in [0.15, 0.2) is 6.61 Å². The number of anilines is 3. The van der Waals surface area contributed by atoms with Crippen molar-refractivity contribution >= 4 is 41.1 Å². The average molecular weight is 682 g/mol. The van der Waals surface area contributed by atoms with Crippen LogP contribution in [0.1, 0.15) is 54.4 Å². The Hall–Kier alpha value is -4.77. The predicted molar refractivity (Wildman–Crippen MR) is 176 cm³/mol. The number of carbonyl (C=O) groups is 1. The Morgan fingerprint density at radius 3 is 2.25 bits per heavy atom. The summed E-state index contributed by atoms with van der Waals surface area (Å²) in [4.78, 5) is 33.9. The molecule has 3 fully saturated rings. The van der Waals surface area contributed by atoms with Crippen LogP contribution in [0.4, 0.5) is 30.8 Å². The molecule has 1 amide bonds. The van der Waals surface area contributed by atoms with E-state index in [4.69, 9.17) is 22.8 Å². The number of ether oxygens (including phenoxy) is 1. The lowest BCUT2D eigenvalue weighted by Crippen LogP contribution is -2.55. The van der Waals surface area contributed by atoms with Crippen LogP contribution in [-0.4, -0.2) is 81.6 Å². The number of carbonyl (C=O) groups excluding carboxylic acids is 1. The molecule has 6 rings (SSSR count). The van der Waals surface area contributed by atoms with Gasteiger partial charge in [0.2, 0.25) is 17.9 Å². The van der Waals surface area contributed by atoms with E-state index in [1.165, 1.54) is 12.8 Å². The molecule has 2 saturated carbocycles. The van der Waals surface area contributed by atoms with Gasteiger partial charge in [-0.15, -0.1) is 0 Å². The fourth-order valence-corrected chi connectivity index (χ4v) is 6.04. The van der Waals surface area contributed by atoms with Crippen LogP contribution in [-0.2, 0) is 5.54 Å². The topological polar surface area (TPSA) is 120 Å². The van der Waals surface area contributed by atoms with Crippen molar-refractivity contribution in [3.8, 4) is 18.5 Å². The van der Waals surface area contributed by atoms with Gasteiger partial charge in [-0.3, -0.25) is 4.79 Å². The van der Waals surface area contributed by atoms with E-state index in [0.717, 1.165) is 31.2 Å². The Kier molecular flexibility index (Phi) is 9.77. The van der Waals surface area contributed by atoms with Crippen LogP contribution in [0.25, 0.3) is 0 Å². The first-order chi connectivity index (χ1) is 23.1. The van der Waals surface area contributed by atoms with E-state index in [0.29, 0.717) is 54.5 Å². The van der Waals surface area contributed by atoms with Crippen molar-refractivity contribution in [2.75, 3.05) is 43.4 Å². The third-order valence-electron chi connectivity index (χ3n) is 8.59. The van der Waals surface area contributed by atoms with Gasteiger partial charge in [0.1, 0.15) is 0 Å². The first-order valence-electron chi connectivity index (χ1n) is 15.8. The number of rotatable bonds is 9. The van der Waals surface area contributed by atoms with Gasteiger partial charge in [0, 0.05) is 54.5 Å². The monoisotopic (exact) mass is 681 g/mol. The molecule has 1 aliphatic heterocycles. The molecule has 1 aromatic heterocycles. The molecule has 0 radical (unpaired) electrons. The molecule has 48 heavy (non-hydrogen) atoms. The summed E-state index contributed by atoms with van der Waals surface area (Å²) in [7, 11) is 0. The maximum atomic E-state index is 13.3. The minimum atomic E-state index is -4.58. The van der Waals surface area contributed by atoms with Crippen LogP contribution in [0.5, 0.6) is 6.01 Å². The number of alkyl halides is 3. The zero-order valence-electron chi connectivity index (χ0n) is 26.1. The molecule has 1 saturated heterocycles.